The summed E-state index contributed by atoms with van der Waals surface area (Å²) in [4.78, 5) is 12.8. The van der Waals surface area contributed by atoms with Crippen molar-refractivity contribution < 1.29 is 27.4 Å². The summed E-state index contributed by atoms with van der Waals surface area (Å²) in [6.45, 7) is 2.15. The summed E-state index contributed by atoms with van der Waals surface area (Å²) in [6.07, 6.45) is -4.61. The molecule has 1 N–H and O–H groups in total. The lowest BCUT2D eigenvalue weighted by Gasteiger charge is -2.11. The van der Waals surface area contributed by atoms with Crippen molar-refractivity contribution in [1.29, 1.82) is 0 Å². The number of anilines is 1. The molecule has 3 rings (SSSR count). The minimum absolute atomic E-state index is 0.00677. The van der Waals surface area contributed by atoms with E-state index in [-0.39, 0.29) is 12.3 Å². The predicted molar refractivity (Wildman–Crippen MR) is 111 cm³/mol. The molecule has 0 aliphatic heterocycles. The fraction of sp³-hybridized carbons (Fsp3) is 0.190. The summed E-state index contributed by atoms with van der Waals surface area (Å²) in [7, 11) is 1.55. The summed E-state index contributed by atoms with van der Waals surface area (Å²) in [5, 5.41) is 3.78. The second kappa shape index (κ2) is 8.97. The molecule has 0 saturated carbocycles. The number of ether oxygens (including phenoxy) is 2. The van der Waals surface area contributed by atoms with Crippen LogP contribution in [0.25, 0.3) is 0 Å². The first-order valence-corrected chi connectivity index (χ1v) is 9.96. The van der Waals surface area contributed by atoms with E-state index in [9.17, 15) is 18.0 Å². The number of alkyl halides is 3. The third-order valence-corrected chi connectivity index (χ3v) is 5.43. The van der Waals surface area contributed by atoms with Gasteiger partial charge in [0.1, 0.15) is 6.61 Å². The topological polar surface area (TPSA) is 47.6 Å². The number of thiophene rings is 1. The number of hydrogen-bond donors (Lipinski definition) is 1. The SMILES string of the molecule is COc1cc(C)ccc1OCc1csc(C(=O)Nc2ccc(Cl)c(C(F)(F)F)c2)c1. The molecule has 158 valence electrons. The zero-order chi connectivity index (χ0) is 21.9. The molecule has 0 unspecified atom stereocenters. The number of carbonyl (C=O) groups excluding carboxylic acids is 1. The zero-order valence-corrected chi connectivity index (χ0v) is 17.5. The Kier molecular flexibility index (Phi) is 6.58. The molecule has 2 aromatic carbocycles. The highest BCUT2D eigenvalue weighted by molar-refractivity contribution is 7.12. The van der Waals surface area contributed by atoms with Gasteiger partial charge in [-0.1, -0.05) is 17.7 Å². The summed E-state index contributed by atoms with van der Waals surface area (Å²) in [5.41, 5.74) is 0.783. The molecule has 0 radical (unpaired) electrons. The number of benzene rings is 2. The van der Waals surface area contributed by atoms with E-state index in [0.717, 1.165) is 23.3 Å². The lowest BCUT2D eigenvalue weighted by atomic mass is 10.2. The lowest BCUT2D eigenvalue weighted by molar-refractivity contribution is -0.137. The molecule has 30 heavy (non-hydrogen) atoms. The number of hydrogen-bond acceptors (Lipinski definition) is 4. The number of halogens is 4. The van der Waals surface area contributed by atoms with E-state index >= 15 is 0 Å². The largest absolute Gasteiger partial charge is 0.493 e. The summed E-state index contributed by atoms with van der Waals surface area (Å²) in [6, 6.07) is 10.4. The molecule has 0 spiro atoms. The lowest BCUT2D eigenvalue weighted by Crippen LogP contribution is -2.12. The van der Waals surface area contributed by atoms with Gasteiger partial charge in [0.2, 0.25) is 0 Å². The van der Waals surface area contributed by atoms with Gasteiger partial charge in [-0.3, -0.25) is 4.79 Å². The summed E-state index contributed by atoms with van der Waals surface area (Å²) in [5.74, 6) is 0.655. The highest BCUT2D eigenvalue weighted by Gasteiger charge is 2.33. The molecule has 0 saturated heterocycles. The van der Waals surface area contributed by atoms with E-state index in [2.05, 4.69) is 5.32 Å². The van der Waals surface area contributed by atoms with Crippen molar-refractivity contribution in [2.45, 2.75) is 19.7 Å². The number of rotatable bonds is 6. The monoisotopic (exact) mass is 455 g/mol. The van der Waals surface area contributed by atoms with Gasteiger partial charge in [-0.05, 0) is 54.3 Å². The van der Waals surface area contributed by atoms with Gasteiger partial charge in [0.25, 0.3) is 5.91 Å². The molecule has 4 nitrogen and oxygen atoms in total. The minimum atomic E-state index is -4.61. The first-order chi connectivity index (χ1) is 14.2. The molecule has 0 fully saturated rings. The summed E-state index contributed by atoms with van der Waals surface area (Å²) >= 11 is 6.77. The Bertz CT molecular complexity index is 1070. The van der Waals surface area contributed by atoms with E-state index in [4.69, 9.17) is 21.1 Å². The van der Waals surface area contributed by atoms with Crippen molar-refractivity contribution in [3.05, 3.63) is 74.4 Å². The highest BCUT2D eigenvalue weighted by atomic mass is 35.5. The van der Waals surface area contributed by atoms with Gasteiger partial charge in [0, 0.05) is 11.3 Å². The van der Waals surface area contributed by atoms with Crippen LogP contribution in [0, 0.1) is 6.92 Å². The van der Waals surface area contributed by atoms with Crippen LogP contribution in [0.4, 0.5) is 18.9 Å². The average molecular weight is 456 g/mol. The average Bonchev–Trinajstić information content (AvgIpc) is 3.16. The van der Waals surface area contributed by atoms with Gasteiger partial charge in [-0.15, -0.1) is 11.3 Å². The molecule has 3 aromatic rings. The molecule has 0 bridgehead atoms. The van der Waals surface area contributed by atoms with Crippen molar-refractivity contribution in [3.63, 3.8) is 0 Å². The van der Waals surface area contributed by atoms with Crippen molar-refractivity contribution in [2.24, 2.45) is 0 Å². The van der Waals surface area contributed by atoms with Gasteiger partial charge in [0.05, 0.1) is 22.6 Å². The molecular formula is C21H17ClF3NO3S. The Labute approximate surface area is 180 Å². The van der Waals surface area contributed by atoms with Crippen LogP contribution >= 0.6 is 22.9 Å². The van der Waals surface area contributed by atoms with Crippen molar-refractivity contribution in [2.75, 3.05) is 12.4 Å². The second-order valence-electron chi connectivity index (χ2n) is 6.41. The third-order valence-electron chi connectivity index (χ3n) is 4.12. The number of carbonyl (C=O) groups is 1. The summed E-state index contributed by atoms with van der Waals surface area (Å²) < 4.78 is 50.0. The molecule has 0 atom stereocenters. The van der Waals surface area contributed by atoms with E-state index in [1.54, 1.807) is 24.6 Å². The fourth-order valence-electron chi connectivity index (χ4n) is 2.64. The minimum Gasteiger partial charge on any atom is -0.493 e. The van der Waals surface area contributed by atoms with E-state index in [0.29, 0.717) is 16.4 Å². The van der Waals surface area contributed by atoms with Crippen molar-refractivity contribution in [3.8, 4) is 11.5 Å². The van der Waals surface area contributed by atoms with Crippen LogP contribution in [-0.4, -0.2) is 13.0 Å². The van der Waals surface area contributed by atoms with Crippen LogP contribution < -0.4 is 14.8 Å². The molecule has 0 aliphatic carbocycles. The fourth-order valence-corrected chi connectivity index (χ4v) is 3.66. The van der Waals surface area contributed by atoms with Gasteiger partial charge < -0.3 is 14.8 Å². The molecule has 0 aliphatic rings. The van der Waals surface area contributed by atoms with Crippen molar-refractivity contribution >= 4 is 34.5 Å². The van der Waals surface area contributed by atoms with Crippen LogP contribution in [0.15, 0.2) is 47.8 Å². The Morgan fingerprint density at radius 1 is 1.13 bits per heavy atom. The van der Waals surface area contributed by atoms with Gasteiger partial charge in [-0.25, -0.2) is 0 Å². The Balaban J connectivity index is 1.67. The maximum absolute atomic E-state index is 13.0. The zero-order valence-electron chi connectivity index (χ0n) is 16.0. The molecule has 9 heteroatoms. The first kappa shape index (κ1) is 22.0. The Hall–Kier alpha value is -2.71. The maximum Gasteiger partial charge on any atom is 0.417 e. The van der Waals surface area contributed by atoms with Crippen LogP contribution in [-0.2, 0) is 12.8 Å². The Morgan fingerprint density at radius 3 is 2.60 bits per heavy atom. The molecule has 1 amide bonds. The van der Waals surface area contributed by atoms with E-state index in [1.807, 2.05) is 19.1 Å². The number of methoxy groups -OCH3 is 1. The molecular weight excluding hydrogens is 439 g/mol. The number of amides is 1. The van der Waals surface area contributed by atoms with Crippen LogP contribution in [0.2, 0.25) is 5.02 Å². The second-order valence-corrected chi connectivity index (χ2v) is 7.73. The first-order valence-electron chi connectivity index (χ1n) is 8.70. The van der Waals surface area contributed by atoms with Gasteiger partial charge in [-0.2, -0.15) is 13.2 Å². The third kappa shape index (κ3) is 5.25. The van der Waals surface area contributed by atoms with Gasteiger partial charge in [0.15, 0.2) is 11.5 Å². The predicted octanol–water partition coefficient (Wildman–Crippen LogP) is 6.57. The van der Waals surface area contributed by atoms with Gasteiger partial charge >= 0.3 is 6.18 Å². The standard InChI is InChI=1S/C21H17ClF3NO3S/c1-12-3-6-17(18(7-12)28-2)29-10-13-8-19(30-11-13)20(27)26-14-4-5-16(22)15(9-14)21(23,24)25/h3-9,11H,10H2,1-2H3,(H,26,27). The number of aryl methyl sites for hydroxylation is 1. The highest BCUT2D eigenvalue weighted by Crippen LogP contribution is 2.36. The van der Waals surface area contributed by atoms with E-state index in [1.165, 1.54) is 17.4 Å². The smallest absolute Gasteiger partial charge is 0.417 e. The van der Waals surface area contributed by atoms with Crippen molar-refractivity contribution in [1.82, 2.24) is 0 Å². The van der Waals surface area contributed by atoms with Crippen LogP contribution in [0.1, 0.15) is 26.4 Å². The van der Waals surface area contributed by atoms with Crippen LogP contribution in [0.3, 0.4) is 0 Å². The Morgan fingerprint density at radius 2 is 1.90 bits per heavy atom. The molecule has 1 heterocycles. The maximum atomic E-state index is 13.0. The van der Waals surface area contributed by atoms with E-state index < -0.39 is 22.7 Å². The normalized spacial score (nSPS) is 11.3. The number of nitrogens with one attached hydrogen (secondary N) is 1. The molecule has 1 aromatic heterocycles. The van der Waals surface area contributed by atoms with Crippen LogP contribution in [0.5, 0.6) is 11.5 Å². The quantitative estimate of drug-likeness (QED) is 0.457.